The Labute approximate surface area is 166 Å². The first-order valence-electron chi connectivity index (χ1n) is 9.94. The standard InChI is InChI=1S/C23H27NO4/c25-22(24-19-12-6-1-2-7-13-19)17-28-23(26)20-14-8-9-15-21(20)27-16-18-10-4-3-5-11-18/h3-5,8-11,14-15,19H,1-2,6-7,12-13,16-17H2,(H,24,25). The summed E-state index contributed by atoms with van der Waals surface area (Å²) in [7, 11) is 0. The predicted molar refractivity (Wildman–Crippen MR) is 107 cm³/mol. The minimum atomic E-state index is -0.556. The van der Waals surface area contributed by atoms with E-state index in [1.165, 1.54) is 12.8 Å². The van der Waals surface area contributed by atoms with Gasteiger partial charge in [-0.1, -0.05) is 68.1 Å². The van der Waals surface area contributed by atoms with Crippen LogP contribution in [0.15, 0.2) is 54.6 Å². The molecule has 0 unspecified atom stereocenters. The van der Waals surface area contributed by atoms with Crippen molar-refractivity contribution in [3.63, 3.8) is 0 Å². The fourth-order valence-corrected chi connectivity index (χ4v) is 3.40. The van der Waals surface area contributed by atoms with E-state index in [-0.39, 0.29) is 18.6 Å². The van der Waals surface area contributed by atoms with Crippen molar-refractivity contribution in [3.8, 4) is 5.75 Å². The van der Waals surface area contributed by atoms with Gasteiger partial charge in [0, 0.05) is 6.04 Å². The van der Waals surface area contributed by atoms with E-state index in [9.17, 15) is 9.59 Å². The van der Waals surface area contributed by atoms with E-state index in [0.717, 1.165) is 31.2 Å². The third kappa shape index (κ3) is 6.12. The first-order valence-corrected chi connectivity index (χ1v) is 9.94. The lowest BCUT2D eigenvalue weighted by atomic mass is 10.1. The number of nitrogens with one attached hydrogen (secondary N) is 1. The Morgan fingerprint density at radius 3 is 2.32 bits per heavy atom. The van der Waals surface area contributed by atoms with Gasteiger partial charge >= 0.3 is 5.97 Å². The number of amides is 1. The van der Waals surface area contributed by atoms with Crippen LogP contribution < -0.4 is 10.1 Å². The molecule has 0 spiro atoms. The molecule has 148 valence electrons. The van der Waals surface area contributed by atoms with Gasteiger partial charge in [0.1, 0.15) is 17.9 Å². The molecular formula is C23H27NO4. The SMILES string of the molecule is O=C(COC(=O)c1ccccc1OCc1ccccc1)NC1CCCCCC1. The second-order valence-corrected chi connectivity index (χ2v) is 7.10. The van der Waals surface area contributed by atoms with Gasteiger partial charge in [0.25, 0.3) is 5.91 Å². The van der Waals surface area contributed by atoms with Crippen LogP contribution in [0.25, 0.3) is 0 Å². The van der Waals surface area contributed by atoms with Gasteiger partial charge in [-0.3, -0.25) is 4.79 Å². The van der Waals surface area contributed by atoms with Crippen LogP contribution >= 0.6 is 0 Å². The molecule has 0 atom stereocenters. The summed E-state index contributed by atoms with van der Waals surface area (Å²) in [6.45, 7) is 0.0790. The molecule has 0 saturated heterocycles. The maximum atomic E-state index is 12.4. The molecule has 3 rings (SSSR count). The van der Waals surface area contributed by atoms with E-state index in [1.807, 2.05) is 30.3 Å². The van der Waals surface area contributed by atoms with Crippen LogP contribution in [0.5, 0.6) is 5.75 Å². The number of ether oxygens (including phenoxy) is 2. The Hall–Kier alpha value is -2.82. The minimum Gasteiger partial charge on any atom is -0.488 e. The Bertz CT molecular complexity index is 767. The summed E-state index contributed by atoms with van der Waals surface area (Å²) >= 11 is 0. The molecule has 2 aromatic rings. The van der Waals surface area contributed by atoms with Crippen LogP contribution in [-0.4, -0.2) is 24.5 Å². The number of esters is 1. The van der Waals surface area contributed by atoms with Gasteiger partial charge in [0.2, 0.25) is 0 Å². The highest BCUT2D eigenvalue weighted by molar-refractivity contribution is 5.94. The number of carbonyl (C=O) groups is 2. The number of carbonyl (C=O) groups excluding carboxylic acids is 2. The first-order chi connectivity index (χ1) is 13.7. The number of hydrogen-bond donors (Lipinski definition) is 1. The first kappa shape index (κ1) is 19.9. The summed E-state index contributed by atoms with van der Waals surface area (Å²) in [5.41, 5.74) is 1.33. The van der Waals surface area contributed by atoms with E-state index in [2.05, 4.69) is 5.32 Å². The molecule has 28 heavy (non-hydrogen) atoms. The average Bonchev–Trinajstić information content (AvgIpc) is 3.00. The highest BCUT2D eigenvalue weighted by Crippen LogP contribution is 2.21. The smallest absolute Gasteiger partial charge is 0.342 e. The lowest BCUT2D eigenvalue weighted by Gasteiger charge is -2.16. The predicted octanol–water partition coefficient (Wildman–Crippen LogP) is 4.26. The highest BCUT2D eigenvalue weighted by atomic mass is 16.5. The molecule has 5 heteroatoms. The molecule has 0 aromatic heterocycles. The van der Waals surface area contributed by atoms with E-state index < -0.39 is 5.97 Å². The Kier molecular flexibility index (Phi) is 7.47. The molecular weight excluding hydrogens is 354 g/mol. The Balaban J connectivity index is 1.51. The molecule has 0 heterocycles. The van der Waals surface area contributed by atoms with E-state index >= 15 is 0 Å². The topological polar surface area (TPSA) is 64.6 Å². The van der Waals surface area contributed by atoms with Crippen molar-refractivity contribution < 1.29 is 19.1 Å². The summed E-state index contributed by atoms with van der Waals surface area (Å²) in [5.74, 6) is -0.358. The summed E-state index contributed by atoms with van der Waals surface area (Å²) in [6, 6.07) is 16.8. The second-order valence-electron chi connectivity index (χ2n) is 7.10. The van der Waals surface area contributed by atoms with Crippen molar-refractivity contribution in [2.24, 2.45) is 0 Å². The maximum absolute atomic E-state index is 12.4. The summed E-state index contributed by atoms with van der Waals surface area (Å²) in [5, 5.41) is 2.98. The van der Waals surface area contributed by atoms with Gasteiger partial charge in [0.15, 0.2) is 6.61 Å². The van der Waals surface area contributed by atoms with Gasteiger partial charge in [-0.2, -0.15) is 0 Å². The molecule has 0 bridgehead atoms. The van der Waals surface area contributed by atoms with Crippen molar-refractivity contribution in [3.05, 3.63) is 65.7 Å². The maximum Gasteiger partial charge on any atom is 0.342 e. The molecule has 0 radical (unpaired) electrons. The van der Waals surface area contributed by atoms with Crippen LogP contribution in [0.3, 0.4) is 0 Å². The minimum absolute atomic E-state index is 0.190. The molecule has 0 aliphatic heterocycles. The van der Waals surface area contributed by atoms with Crippen molar-refractivity contribution in [1.82, 2.24) is 5.32 Å². The zero-order valence-corrected chi connectivity index (χ0v) is 16.1. The zero-order valence-electron chi connectivity index (χ0n) is 16.1. The quantitative estimate of drug-likeness (QED) is 0.575. The number of para-hydroxylation sites is 1. The Morgan fingerprint density at radius 2 is 1.57 bits per heavy atom. The van der Waals surface area contributed by atoms with Crippen LogP contribution in [0.4, 0.5) is 0 Å². The molecule has 5 nitrogen and oxygen atoms in total. The molecule has 1 saturated carbocycles. The zero-order chi connectivity index (χ0) is 19.6. The second kappa shape index (κ2) is 10.5. The highest BCUT2D eigenvalue weighted by Gasteiger charge is 2.18. The van der Waals surface area contributed by atoms with Gasteiger partial charge in [-0.15, -0.1) is 0 Å². The van der Waals surface area contributed by atoms with Gasteiger partial charge in [0.05, 0.1) is 0 Å². The average molecular weight is 381 g/mol. The lowest BCUT2D eigenvalue weighted by molar-refractivity contribution is -0.125. The van der Waals surface area contributed by atoms with E-state index in [0.29, 0.717) is 17.9 Å². The van der Waals surface area contributed by atoms with E-state index in [4.69, 9.17) is 9.47 Å². The van der Waals surface area contributed by atoms with Crippen molar-refractivity contribution >= 4 is 11.9 Å². The summed E-state index contributed by atoms with van der Waals surface area (Å²) in [4.78, 5) is 24.6. The molecule has 2 aromatic carbocycles. The molecule has 1 aliphatic rings. The van der Waals surface area contributed by atoms with Gasteiger partial charge < -0.3 is 14.8 Å². The number of benzene rings is 2. The van der Waals surface area contributed by atoms with Crippen LogP contribution in [0.1, 0.15) is 54.4 Å². The Morgan fingerprint density at radius 1 is 0.893 bits per heavy atom. The lowest BCUT2D eigenvalue weighted by Crippen LogP contribution is -2.37. The van der Waals surface area contributed by atoms with Crippen molar-refractivity contribution in [2.75, 3.05) is 6.61 Å². The van der Waals surface area contributed by atoms with Crippen molar-refractivity contribution in [2.45, 2.75) is 51.2 Å². The van der Waals surface area contributed by atoms with Gasteiger partial charge in [-0.25, -0.2) is 4.79 Å². The number of rotatable bonds is 7. The fraction of sp³-hybridized carbons (Fsp3) is 0.391. The monoisotopic (exact) mass is 381 g/mol. The van der Waals surface area contributed by atoms with E-state index in [1.54, 1.807) is 24.3 Å². The van der Waals surface area contributed by atoms with Crippen LogP contribution in [0.2, 0.25) is 0 Å². The third-order valence-corrected chi connectivity index (χ3v) is 4.90. The summed E-state index contributed by atoms with van der Waals surface area (Å²) in [6.07, 6.45) is 6.71. The molecule has 1 fully saturated rings. The number of hydrogen-bond acceptors (Lipinski definition) is 4. The normalized spacial score (nSPS) is 14.7. The molecule has 1 N–H and O–H groups in total. The third-order valence-electron chi connectivity index (χ3n) is 4.90. The summed E-state index contributed by atoms with van der Waals surface area (Å²) < 4.78 is 11.0. The molecule has 1 amide bonds. The van der Waals surface area contributed by atoms with Crippen molar-refractivity contribution in [1.29, 1.82) is 0 Å². The van der Waals surface area contributed by atoms with Gasteiger partial charge in [-0.05, 0) is 30.5 Å². The largest absolute Gasteiger partial charge is 0.488 e. The molecule has 1 aliphatic carbocycles. The van der Waals surface area contributed by atoms with Crippen LogP contribution in [-0.2, 0) is 16.1 Å². The fourth-order valence-electron chi connectivity index (χ4n) is 3.40. The van der Waals surface area contributed by atoms with Crippen LogP contribution in [0, 0.1) is 0 Å².